The third-order valence-electron chi connectivity index (χ3n) is 1.35. The molecule has 0 saturated heterocycles. The molecule has 3 aromatic rings. The Labute approximate surface area is 157 Å². The predicted molar refractivity (Wildman–Crippen MR) is 118 cm³/mol. The summed E-state index contributed by atoms with van der Waals surface area (Å²) in [6.45, 7) is 12.0. The van der Waals surface area contributed by atoms with Crippen molar-refractivity contribution in [3.05, 3.63) is 72.1 Å². The highest BCUT2D eigenvalue weighted by Crippen LogP contribution is 1.91. The van der Waals surface area contributed by atoms with Gasteiger partial charge in [0, 0.05) is 12.4 Å². The van der Waals surface area contributed by atoms with Gasteiger partial charge in [0.15, 0.2) is 0 Å². The molecule has 0 spiro atoms. The molecule has 0 unspecified atom stereocenters. The zero-order valence-electron chi connectivity index (χ0n) is 14.2. The van der Waals surface area contributed by atoms with Crippen LogP contribution in [0.5, 0.6) is 0 Å². The van der Waals surface area contributed by atoms with E-state index in [2.05, 4.69) is 9.40 Å². The third-order valence-corrected chi connectivity index (χ3v) is 1.98. The number of aromatic nitrogens is 1. The van der Waals surface area contributed by atoms with E-state index in [1.807, 2.05) is 101 Å². The quantitative estimate of drug-likeness (QED) is 0.427. The fourth-order valence-electron chi connectivity index (χ4n) is 0.731. The molecule has 0 aliphatic carbocycles. The Bertz CT molecular complexity index is 250. The monoisotopic (exact) mass is 357 g/mol. The molecule has 3 heteroatoms. The van der Waals surface area contributed by atoms with Crippen LogP contribution in [0.2, 0.25) is 0 Å². The van der Waals surface area contributed by atoms with Crippen LogP contribution in [0, 0.1) is 0 Å². The lowest BCUT2D eigenvalue weighted by molar-refractivity contribution is 0.567. The van der Waals surface area contributed by atoms with Crippen LogP contribution in [-0.2, 0) is 0 Å². The first kappa shape index (κ1) is 38.1. The van der Waals surface area contributed by atoms with Gasteiger partial charge in [-0.1, -0.05) is 76.0 Å². The first-order valence-electron chi connectivity index (χ1n) is 7.52. The van der Waals surface area contributed by atoms with Crippen molar-refractivity contribution >= 4 is 11.3 Å². The zero-order valence-corrected chi connectivity index (χ0v) is 15.1. The maximum absolute atomic E-state index is 4.58. The largest absolute Gasteiger partial charge is 0.473 e. The highest BCUT2D eigenvalue weighted by molar-refractivity contribution is 7.07. The Balaban J connectivity index is -0.0000000417. The first-order valence-corrected chi connectivity index (χ1v) is 8.46. The van der Waals surface area contributed by atoms with E-state index in [1.165, 1.54) is 0 Å². The van der Waals surface area contributed by atoms with Gasteiger partial charge in [0.2, 0.25) is 0 Å². The lowest BCUT2D eigenvalue weighted by Gasteiger charge is -1.50. The van der Waals surface area contributed by atoms with Crippen molar-refractivity contribution in [1.29, 1.82) is 0 Å². The summed E-state index contributed by atoms with van der Waals surface area (Å²) in [6, 6.07) is 11.6. The van der Waals surface area contributed by atoms with Crippen LogP contribution < -0.4 is 0 Å². The highest BCUT2D eigenvalue weighted by Gasteiger charge is 1.59. The second kappa shape index (κ2) is 49.6. The standard InChI is InChI=1S/C4H5N.C4H4O.C4H4S.3C2H6.3CH4/c3*1-2-4-5-3-1;3*1-2;;;/h1-5H;2*1-4H;3*1-2H3;3*1H4. The molecule has 3 aromatic heterocycles. The second-order valence-corrected chi connectivity index (χ2v) is 3.29. The van der Waals surface area contributed by atoms with E-state index in [0.717, 1.165) is 0 Å². The van der Waals surface area contributed by atoms with Crippen molar-refractivity contribution in [3.63, 3.8) is 0 Å². The summed E-state index contributed by atoms with van der Waals surface area (Å²) < 4.78 is 4.58. The molecule has 0 amide bonds. The second-order valence-electron chi connectivity index (χ2n) is 2.47. The summed E-state index contributed by atoms with van der Waals surface area (Å²) in [6.07, 6.45) is 7.00. The van der Waals surface area contributed by atoms with Gasteiger partial charge in [-0.25, -0.2) is 0 Å². The van der Waals surface area contributed by atoms with Crippen molar-refractivity contribution < 1.29 is 4.42 Å². The fraction of sp³-hybridized carbons (Fsp3) is 0.429. The van der Waals surface area contributed by atoms with Gasteiger partial charge in [-0.3, -0.25) is 0 Å². The molecule has 2 nitrogen and oxygen atoms in total. The minimum atomic E-state index is 0. The number of aromatic amines is 1. The molecule has 0 aliphatic rings. The molecule has 0 bridgehead atoms. The number of nitrogens with one attached hydrogen (secondary N) is 1. The average Bonchev–Trinajstić information content (AvgIpc) is 3.41. The van der Waals surface area contributed by atoms with E-state index in [4.69, 9.17) is 0 Å². The number of hydrogen-bond donors (Lipinski definition) is 1. The summed E-state index contributed by atoms with van der Waals surface area (Å²) in [5.41, 5.74) is 0. The Hall–Kier alpha value is -1.74. The van der Waals surface area contributed by atoms with Crippen molar-refractivity contribution in [2.75, 3.05) is 0 Å². The summed E-state index contributed by atoms with van der Waals surface area (Å²) >= 11 is 1.71. The van der Waals surface area contributed by atoms with E-state index >= 15 is 0 Å². The molecule has 0 aromatic carbocycles. The van der Waals surface area contributed by atoms with Gasteiger partial charge in [0.1, 0.15) is 0 Å². The van der Waals surface area contributed by atoms with Crippen molar-refractivity contribution in [3.8, 4) is 0 Å². The number of H-pyrrole nitrogens is 1. The molecule has 144 valence electrons. The molecule has 0 aliphatic heterocycles. The smallest absolute Gasteiger partial charge is 0.0902 e. The minimum absolute atomic E-state index is 0. The van der Waals surface area contributed by atoms with E-state index in [-0.39, 0.29) is 22.3 Å². The molecule has 0 atom stereocenters. The normalized spacial score (nSPS) is 5.75. The van der Waals surface area contributed by atoms with Crippen LogP contribution in [0.1, 0.15) is 63.8 Å². The Morgan fingerprint density at radius 1 is 0.583 bits per heavy atom. The van der Waals surface area contributed by atoms with Gasteiger partial charge in [-0.05, 0) is 35.0 Å². The maximum atomic E-state index is 4.58. The van der Waals surface area contributed by atoms with Crippen molar-refractivity contribution in [1.82, 2.24) is 4.98 Å². The Kier molecular flexibility index (Phi) is 78.7. The average molecular weight is 358 g/mol. The van der Waals surface area contributed by atoms with Crippen LogP contribution in [0.4, 0.5) is 0 Å². The van der Waals surface area contributed by atoms with Crippen LogP contribution in [0.15, 0.2) is 76.5 Å². The van der Waals surface area contributed by atoms with Gasteiger partial charge in [-0.2, -0.15) is 11.3 Å². The molecule has 0 radical (unpaired) electrons. The molecule has 24 heavy (non-hydrogen) atoms. The van der Waals surface area contributed by atoms with Crippen LogP contribution in [0.3, 0.4) is 0 Å². The summed E-state index contributed by atoms with van der Waals surface area (Å²) in [5.74, 6) is 0. The van der Waals surface area contributed by atoms with Crippen LogP contribution in [-0.4, -0.2) is 4.98 Å². The number of thiophene rings is 1. The third kappa shape index (κ3) is 42.7. The van der Waals surface area contributed by atoms with E-state index in [9.17, 15) is 0 Å². The van der Waals surface area contributed by atoms with Crippen LogP contribution >= 0.6 is 11.3 Å². The van der Waals surface area contributed by atoms with Gasteiger partial charge in [-0.15, -0.1) is 0 Å². The molecular weight excluding hydrogens is 314 g/mol. The number of furan rings is 1. The number of rotatable bonds is 0. The van der Waals surface area contributed by atoms with Crippen molar-refractivity contribution in [2.45, 2.75) is 63.8 Å². The molecule has 3 rings (SSSR count). The first-order chi connectivity index (χ1) is 10.5. The molecule has 0 saturated carbocycles. The predicted octanol–water partition coefficient (Wildman–Crippen LogP) is 9.03. The summed E-state index contributed by atoms with van der Waals surface area (Å²) in [4.78, 5) is 2.86. The van der Waals surface area contributed by atoms with Gasteiger partial charge in [0.05, 0.1) is 12.5 Å². The Morgan fingerprint density at radius 2 is 0.958 bits per heavy atom. The van der Waals surface area contributed by atoms with E-state index < -0.39 is 0 Å². The van der Waals surface area contributed by atoms with E-state index in [1.54, 1.807) is 23.9 Å². The molecule has 3 heterocycles. The maximum Gasteiger partial charge on any atom is 0.0902 e. The molecule has 0 fully saturated rings. The zero-order chi connectivity index (χ0) is 16.6. The van der Waals surface area contributed by atoms with Crippen molar-refractivity contribution in [2.24, 2.45) is 0 Å². The SMILES string of the molecule is C.C.C.CC.CC.CC.c1cc[nH]c1.c1ccoc1.c1ccsc1. The van der Waals surface area contributed by atoms with Gasteiger partial charge >= 0.3 is 0 Å². The van der Waals surface area contributed by atoms with Gasteiger partial charge in [0.25, 0.3) is 0 Å². The Morgan fingerprint density at radius 3 is 1.08 bits per heavy atom. The van der Waals surface area contributed by atoms with E-state index in [0.29, 0.717) is 0 Å². The topological polar surface area (TPSA) is 28.9 Å². The summed E-state index contributed by atoms with van der Waals surface area (Å²) in [7, 11) is 0. The van der Waals surface area contributed by atoms with Gasteiger partial charge < -0.3 is 9.40 Å². The fourth-order valence-corrected chi connectivity index (χ4v) is 1.18. The molecule has 1 N–H and O–H groups in total. The number of hydrogen-bond acceptors (Lipinski definition) is 2. The summed E-state index contributed by atoms with van der Waals surface area (Å²) in [5, 5.41) is 4.08. The minimum Gasteiger partial charge on any atom is -0.473 e. The molecular formula is C21H43NOS. The lowest BCUT2D eigenvalue weighted by Crippen LogP contribution is -1.38. The highest BCUT2D eigenvalue weighted by atomic mass is 32.1. The lowest BCUT2D eigenvalue weighted by atomic mass is 10.7. The van der Waals surface area contributed by atoms with Crippen LogP contribution in [0.25, 0.3) is 0 Å².